The fraction of sp³-hybridized carbons (Fsp3) is 0.400. The van der Waals surface area contributed by atoms with Crippen LogP contribution in [-0.2, 0) is 18.7 Å². The molecule has 19 heavy (non-hydrogen) atoms. The quantitative estimate of drug-likeness (QED) is 0.887. The average Bonchev–Trinajstić information content (AvgIpc) is 2.85. The maximum atomic E-state index is 9.27. The normalized spacial score (nSPS) is 11.6. The van der Waals surface area contributed by atoms with E-state index in [0.29, 0.717) is 6.54 Å². The lowest BCUT2D eigenvalue weighted by Crippen LogP contribution is -2.21. The minimum absolute atomic E-state index is 0.00125. The van der Waals surface area contributed by atoms with Gasteiger partial charge in [-0.3, -0.25) is 4.68 Å². The second-order valence-corrected chi connectivity index (χ2v) is 5.63. The van der Waals surface area contributed by atoms with Gasteiger partial charge in [-0.15, -0.1) is 0 Å². The molecule has 0 unspecified atom stereocenters. The van der Waals surface area contributed by atoms with Crippen molar-refractivity contribution >= 4 is 5.69 Å². The Labute approximate surface area is 114 Å². The molecule has 2 aromatic rings. The molecule has 0 saturated heterocycles. The van der Waals surface area contributed by atoms with E-state index in [0.717, 1.165) is 16.8 Å². The van der Waals surface area contributed by atoms with Gasteiger partial charge in [0.25, 0.3) is 0 Å². The Morgan fingerprint density at radius 3 is 2.63 bits per heavy atom. The maximum absolute atomic E-state index is 9.27. The summed E-state index contributed by atoms with van der Waals surface area (Å²) in [5, 5.41) is 17.0. The van der Waals surface area contributed by atoms with E-state index < -0.39 is 0 Å². The van der Waals surface area contributed by atoms with Crippen molar-refractivity contribution in [1.29, 1.82) is 0 Å². The molecule has 4 heteroatoms. The van der Waals surface area contributed by atoms with Crippen LogP contribution in [-0.4, -0.2) is 14.9 Å². The zero-order chi connectivity index (χ0) is 13.9. The Hall–Kier alpha value is -1.81. The van der Waals surface area contributed by atoms with Crippen LogP contribution in [0.25, 0.3) is 0 Å². The molecule has 0 aliphatic heterocycles. The highest BCUT2D eigenvalue weighted by molar-refractivity contribution is 5.50. The predicted octanol–water partition coefficient (Wildman–Crippen LogP) is 2.74. The topological polar surface area (TPSA) is 50.1 Å². The molecule has 0 aliphatic rings. The number of nitrogens with zero attached hydrogens (tertiary/aromatic N) is 2. The predicted molar refractivity (Wildman–Crippen MR) is 76.9 cm³/mol. The first kappa shape index (κ1) is 13.6. The Balaban J connectivity index is 2.05. The molecule has 0 saturated carbocycles. The van der Waals surface area contributed by atoms with E-state index in [1.807, 2.05) is 35.1 Å². The van der Waals surface area contributed by atoms with Crippen LogP contribution in [0.1, 0.15) is 31.9 Å². The van der Waals surface area contributed by atoms with Gasteiger partial charge in [0.2, 0.25) is 0 Å². The average molecular weight is 259 g/mol. The van der Waals surface area contributed by atoms with E-state index in [1.54, 1.807) is 0 Å². The minimum Gasteiger partial charge on any atom is -0.392 e. The number of anilines is 1. The molecule has 2 N–H and O–H groups in total. The molecule has 102 valence electrons. The van der Waals surface area contributed by atoms with Crippen molar-refractivity contribution in [3.05, 3.63) is 47.8 Å². The van der Waals surface area contributed by atoms with Crippen molar-refractivity contribution < 1.29 is 5.11 Å². The second-order valence-electron chi connectivity index (χ2n) is 5.63. The van der Waals surface area contributed by atoms with Gasteiger partial charge in [0.05, 0.1) is 18.3 Å². The molecule has 0 amide bonds. The van der Waals surface area contributed by atoms with Crippen molar-refractivity contribution in [2.75, 3.05) is 5.32 Å². The van der Waals surface area contributed by atoms with E-state index in [2.05, 4.69) is 37.4 Å². The lowest BCUT2D eigenvalue weighted by molar-refractivity contribution is 0.282. The number of hydrogen-bond acceptors (Lipinski definition) is 3. The smallest absolute Gasteiger partial charge is 0.0701 e. The van der Waals surface area contributed by atoms with Crippen LogP contribution in [0.5, 0.6) is 0 Å². The largest absolute Gasteiger partial charge is 0.392 e. The fourth-order valence-electron chi connectivity index (χ4n) is 1.85. The van der Waals surface area contributed by atoms with E-state index in [-0.39, 0.29) is 12.1 Å². The SMILES string of the molecule is CC(C)(C)n1cc(CNc2ccccc2CO)cn1. The zero-order valence-electron chi connectivity index (χ0n) is 11.7. The summed E-state index contributed by atoms with van der Waals surface area (Å²) >= 11 is 0. The summed E-state index contributed by atoms with van der Waals surface area (Å²) in [4.78, 5) is 0. The number of aliphatic hydroxyl groups is 1. The Kier molecular flexibility index (Phi) is 3.90. The lowest BCUT2D eigenvalue weighted by atomic mass is 10.1. The first-order valence-electron chi connectivity index (χ1n) is 6.47. The molecule has 0 aliphatic carbocycles. The van der Waals surface area contributed by atoms with Gasteiger partial charge in [0.1, 0.15) is 0 Å². The minimum atomic E-state index is 0.00125. The summed E-state index contributed by atoms with van der Waals surface area (Å²) in [6, 6.07) is 7.77. The van der Waals surface area contributed by atoms with Crippen LogP contribution in [0.15, 0.2) is 36.7 Å². The summed E-state index contributed by atoms with van der Waals surface area (Å²) < 4.78 is 1.96. The molecule has 0 spiro atoms. The highest BCUT2D eigenvalue weighted by atomic mass is 16.3. The van der Waals surface area contributed by atoms with Crippen LogP contribution in [0.3, 0.4) is 0 Å². The monoisotopic (exact) mass is 259 g/mol. The Morgan fingerprint density at radius 1 is 1.26 bits per heavy atom. The van der Waals surface area contributed by atoms with Crippen LogP contribution >= 0.6 is 0 Å². The molecule has 4 nitrogen and oxygen atoms in total. The molecular formula is C15H21N3O. The summed E-state index contributed by atoms with van der Waals surface area (Å²) in [5.41, 5.74) is 3.00. The molecule has 1 heterocycles. The van der Waals surface area contributed by atoms with Crippen LogP contribution in [0.2, 0.25) is 0 Å². The number of hydrogen-bond donors (Lipinski definition) is 2. The number of aliphatic hydroxyl groups excluding tert-OH is 1. The highest BCUT2D eigenvalue weighted by Gasteiger charge is 2.13. The van der Waals surface area contributed by atoms with Gasteiger partial charge in [-0.1, -0.05) is 18.2 Å². The van der Waals surface area contributed by atoms with Gasteiger partial charge >= 0.3 is 0 Å². The molecule has 1 aromatic heterocycles. The Morgan fingerprint density at radius 2 is 2.00 bits per heavy atom. The number of aromatic nitrogens is 2. The standard InChI is InChI=1S/C15H21N3O/c1-15(2,3)18-10-12(9-17-18)8-16-14-7-5-4-6-13(14)11-19/h4-7,9-10,16,19H,8,11H2,1-3H3. The Bertz CT molecular complexity index is 540. The summed E-state index contributed by atoms with van der Waals surface area (Å²) in [6.07, 6.45) is 3.92. The van der Waals surface area contributed by atoms with Crippen LogP contribution in [0.4, 0.5) is 5.69 Å². The molecule has 0 atom stereocenters. The summed E-state index contributed by atoms with van der Waals surface area (Å²) in [7, 11) is 0. The molecule has 1 aromatic carbocycles. The summed E-state index contributed by atoms with van der Waals surface area (Å²) in [5.74, 6) is 0. The van der Waals surface area contributed by atoms with E-state index in [4.69, 9.17) is 0 Å². The van der Waals surface area contributed by atoms with Crippen LogP contribution in [0, 0.1) is 0 Å². The van der Waals surface area contributed by atoms with Crippen molar-refractivity contribution in [2.45, 2.75) is 39.5 Å². The number of para-hydroxylation sites is 1. The zero-order valence-corrected chi connectivity index (χ0v) is 11.7. The fourth-order valence-corrected chi connectivity index (χ4v) is 1.85. The molecule has 0 fully saturated rings. The second kappa shape index (κ2) is 5.45. The van der Waals surface area contributed by atoms with Gasteiger partial charge in [0.15, 0.2) is 0 Å². The van der Waals surface area contributed by atoms with Crippen LogP contribution < -0.4 is 5.32 Å². The van der Waals surface area contributed by atoms with Gasteiger partial charge < -0.3 is 10.4 Å². The third-order valence-electron chi connectivity index (χ3n) is 2.99. The van der Waals surface area contributed by atoms with E-state index in [1.165, 1.54) is 0 Å². The van der Waals surface area contributed by atoms with Crippen molar-refractivity contribution in [3.8, 4) is 0 Å². The summed E-state index contributed by atoms with van der Waals surface area (Å²) in [6.45, 7) is 7.12. The van der Waals surface area contributed by atoms with Gasteiger partial charge in [0, 0.05) is 29.6 Å². The number of benzene rings is 1. The number of rotatable bonds is 4. The highest BCUT2D eigenvalue weighted by Crippen LogP contribution is 2.17. The maximum Gasteiger partial charge on any atom is 0.0701 e. The van der Waals surface area contributed by atoms with Gasteiger partial charge in [-0.2, -0.15) is 5.10 Å². The molecule has 0 bridgehead atoms. The first-order chi connectivity index (χ1) is 9.00. The van der Waals surface area contributed by atoms with Crippen molar-refractivity contribution in [1.82, 2.24) is 9.78 Å². The lowest BCUT2D eigenvalue weighted by Gasteiger charge is -2.18. The van der Waals surface area contributed by atoms with E-state index in [9.17, 15) is 5.11 Å². The molecule has 0 radical (unpaired) electrons. The third-order valence-corrected chi connectivity index (χ3v) is 2.99. The van der Waals surface area contributed by atoms with Crippen molar-refractivity contribution in [2.24, 2.45) is 0 Å². The van der Waals surface area contributed by atoms with Gasteiger partial charge in [-0.05, 0) is 26.8 Å². The van der Waals surface area contributed by atoms with Crippen molar-refractivity contribution in [3.63, 3.8) is 0 Å². The number of nitrogens with one attached hydrogen (secondary N) is 1. The first-order valence-corrected chi connectivity index (χ1v) is 6.47. The van der Waals surface area contributed by atoms with Gasteiger partial charge in [-0.25, -0.2) is 0 Å². The third kappa shape index (κ3) is 3.35. The molecular weight excluding hydrogens is 238 g/mol. The van der Waals surface area contributed by atoms with E-state index >= 15 is 0 Å². The molecule has 2 rings (SSSR count).